The van der Waals surface area contributed by atoms with Gasteiger partial charge in [0.15, 0.2) is 0 Å². The summed E-state index contributed by atoms with van der Waals surface area (Å²) in [5.41, 5.74) is 4.53. The molecule has 1 aromatic carbocycles. The van der Waals surface area contributed by atoms with Crippen LogP contribution in [0.4, 0.5) is 13.2 Å². The minimum absolute atomic E-state index is 0.187. The van der Waals surface area contributed by atoms with Crippen LogP contribution in [0.2, 0.25) is 0 Å². The molecule has 0 heterocycles. The normalized spacial score (nSPS) is 15.6. The summed E-state index contributed by atoms with van der Waals surface area (Å²) in [5.74, 6) is -2.55. The van der Waals surface area contributed by atoms with Crippen molar-refractivity contribution in [2.75, 3.05) is 0 Å². The van der Waals surface area contributed by atoms with E-state index in [-0.39, 0.29) is 5.56 Å². The van der Waals surface area contributed by atoms with Gasteiger partial charge in [-0.3, -0.25) is 4.79 Å². The molecule has 2 atom stereocenters. The maximum absolute atomic E-state index is 12.8. The van der Waals surface area contributed by atoms with E-state index in [1.807, 2.05) is 0 Å². The van der Waals surface area contributed by atoms with Gasteiger partial charge in [0.25, 0.3) is 0 Å². The Labute approximate surface area is 115 Å². The minimum Gasteiger partial charge on any atom is -0.459 e. The van der Waals surface area contributed by atoms with Crippen molar-refractivity contribution >= 4 is 5.97 Å². The Morgan fingerprint density at radius 2 is 1.65 bits per heavy atom. The monoisotopic (exact) mass is 289 g/mol. The van der Waals surface area contributed by atoms with Crippen molar-refractivity contribution in [2.45, 2.75) is 44.5 Å². The van der Waals surface area contributed by atoms with E-state index in [9.17, 15) is 18.0 Å². The highest BCUT2D eigenvalue weighted by atomic mass is 19.4. The van der Waals surface area contributed by atoms with Gasteiger partial charge in [0, 0.05) is 0 Å². The van der Waals surface area contributed by atoms with Crippen molar-refractivity contribution in [3.05, 3.63) is 35.9 Å². The topological polar surface area (TPSA) is 52.3 Å². The van der Waals surface area contributed by atoms with Crippen molar-refractivity contribution in [2.24, 2.45) is 5.73 Å². The quantitative estimate of drug-likeness (QED) is 0.870. The number of rotatable bonds is 3. The van der Waals surface area contributed by atoms with Crippen LogP contribution < -0.4 is 5.73 Å². The first kappa shape index (κ1) is 16.5. The lowest BCUT2D eigenvalue weighted by atomic mass is 9.91. The van der Waals surface area contributed by atoms with E-state index in [0.29, 0.717) is 0 Å². The van der Waals surface area contributed by atoms with E-state index in [4.69, 9.17) is 10.5 Å². The molecule has 112 valence electrons. The van der Waals surface area contributed by atoms with E-state index in [1.54, 1.807) is 39.0 Å². The van der Waals surface area contributed by atoms with E-state index < -0.39 is 29.7 Å². The average Bonchev–Trinajstić information content (AvgIpc) is 2.26. The summed E-state index contributed by atoms with van der Waals surface area (Å²) in [6, 6.07) is 5.31. The van der Waals surface area contributed by atoms with Crippen LogP contribution in [0.15, 0.2) is 30.3 Å². The Morgan fingerprint density at radius 1 is 1.15 bits per heavy atom. The van der Waals surface area contributed by atoms with Gasteiger partial charge in [-0.1, -0.05) is 30.3 Å². The molecule has 0 spiro atoms. The van der Waals surface area contributed by atoms with E-state index in [2.05, 4.69) is 0 Å². The Kier molecular flexibility index (Phi) is 4.81. The molecule has 0 unspecified atom stereocenters. The Bertz CT molecular complexity index is 452. The molecule has 0 fully saturated rings. The van der Waals surface area contributed by atoms with Crippen LogP contribution in [0.5, 0.6) is 0 Å². The van der Waals surface area contributed by atoms with Gasteiger partial charge in [-0.25, -0.2) is 0 Å². The lowest BCUT2D eigenvalue weighted by Crippen LogP contribution is -2.47. The van der Waals surface area contributed by atoms with Crippen LogP contribution in [0.25, 0.3) is 0 Å². The number of nitrogens with two attached hydrogens (primary N) is 1. The molecule has 0 amide bonds. The van der Waals surface area contributed by atoms with Gasteiger partial charge in [0.05, 0.1) is 0 Å². The molecule has 0 aliphatic heterocycles. The van der Waals surface area contributed by atoms with Crippen LogP contribution >= 0.6 is 0 Å². The van der Waals surface area contributed by atoms with Gasteiger partial charge >= 0.3 is 12.1 Å². The van der Waals surface area contributed by atoms with Crippen LogP contribution in [0, 0.1) is 0 Å². The third kappa shape index (κ3) is 4.52. The summed E-state index contributed by atoms with van der Waals surface area (Å²) in [4.78, 5) is 12.0. The smallest absolute Gasteiger partial charge is 0.404 e. The number of halogens is 3. The van der Waals surface area contributed by atoms with Gasteiger partial charge in [0.2, 0.25) is 0 Å². The molecule has 0 aromatic heterocycles. The highest BCUT2D eigenvalue weighted by Crippen LogP contribution is 2.32. The highest BCUT2D eigenvalue weighted by molar-refractivity contribution is 5.79. The maximum atomic E-state index is 12.8. The first-order valence-corrected chi connectivity index (χ1v) is 6.12. The number of carbonyl (C=O) groups excluding carboxylic acids is 1. The standard InChI is InChI=1S/C14H18F3NO2/c1-13(2,3)20-12(19)10(11(18)14(15,16)17)9-7-5-4-6-8-9/h4-8,10-11H,18H2,1-3H3/t10-,11-/m0/s1. The van der Waals surface area contributed by atoms with Gasteiger partial charge in [-0.2, -0.15) is 13.2 Å². The second-order valence-corrected chi connectivity index (χ2v) is 5.49. The van der Waals surface area contributed by atoms with E-state index in [0.717, 1.165) is 0 Å². The summed E-state index contributed by atoms with van der Waals surface area (Å²) in [6.07, 6.45) is -4.68. The molecule has 1 rings (SSSR count). The third-order valence-electron chi connectivity index (χ3n) is 2.56. The van der Waals surface area contributed by atoms with Crippen LogP contribution in [0.1, 0.15) is 32.3 Å². The fourth-order valence-electron chi connectivity index (χ4n) is 1.70. The third-order valence-corrected chi connectivity index (χ3v) is 2.56. The Hall–Kier alpha value is -1.56. The summed E-state index contributed by atoms with van der Waals surface area (Å²) >= 11 is 0. The molecular weight excluding hydrogens is 271 g/mol. The number of esters is 1. The molecule has 1 aromatic rings. The molecule has 0 aliphatic rings. The lowest BCUT2D eigenvalue weighted by Gasteiger charge is -2.28. The fraction of sp³-hybridized carbons (Fsp3) is 0.500. The number of alkyl halides is 3. The van der Waals surface area contributed by atoms with Crippen LogP contribution in [-0.2, 0) is 9.53 Å². The first-order chi connectivity index (χ1) is 9.02. The molecular formula is C14H18F3NO2. The zero-order valence-corrected chi connectivity index (χ0v) is 11.6. The number of hydrogen-bond donors (Lipinski definition) is 1. The summed E-state index contributed by atoms with van der Waals surface area (Å²) < 4.78 is 43.6. The molecule has 2 N–H and O–H groups in total. The van der Waals surface area contributed by atoms with Gasteiger partial charge in [-0.15, -0.1) is 0 Å². The van der Waals surface area contributed by atoms with Crippen LogP contribution in [-0.4, -0.2) is 23.8 Å². The van der Waals surface area contributed by atoms with Crippen LogP contribution in [0.3, 0.4) is 0 Å². The molecule has 0 saturated carbocycles. The van der Waals surface area contributed by atoms with Crippen molar-refractivity contribution in [3.8, 4) is 0 Å². The number of hydrogen-bond acceptors (Lipinski definition) is 3. The number of ether oxygens (including phenoxy) is 1. The zero-order chi connectivity index (χ0) is 15.6. The summed E-state index contributed by atoms with van der Waals surface area (Å²) in [5, 5.41) is 0. The number of carbonyl (C=O) groups is 1. The van der Waals surface area contributed by atoms with E-state index in [1.165, 1.54) is 12.1 Å². The largest absolute Gasteiger partial charge is 0.459 e. The van der Waals surface area contributed by atoms with Crippen molar-refractivity contribution in [1.29, 1.82) is 0 Å². The van der Waals surface area contributed by atoms with Gasteiger partial charge in [0.1, 0.15) is 17.6 Å². The molecule has 3 nitrogen and oxygen atoms in total. The minimum atomic E-state index is -4.68. The van der Waals surface area contributed by atoms with Gasteiger partial charge < -0.3 is 10.5 Å². The van der Waals surface area contributed by atoms with E-state index >= 15 is 0 Å². The first-order valence-electron chi connectivity index (χ1n) is 6.12. The Morgan fingerprint density at radius 3 is 2.05 bits per heavy atom. The predicted octanol–water partition coefficient (Wildman–Crippen LogP) is 3.00. The zero-order valence-electron chi connectivity index (χ0n) is 11.6. The second-order valence-electron chi connectivity index (χ2n) is 5.49. The molecule has 20 heavy (non-hydrogen) atoms. The molecule has 0 aliphatic carbocycles. The summed E-state index contributed by atoms with van der Waals surface area (Å²) in [6.45, 7) is 4.77. The average molecular weight is 289 g/mol. The second kappa shape index (κ2) is 5.83. The molecule has 0 radical (unpaired) electrons. The lowest BCUT2D eigenvalue weighted by molar-refractivity contribution is -0.175. The molecule has 6 heteroatoms. The van der Waals surface area contributed by atoms with Gasteiger partial charge in [-0.05, 0) is 26.3 Å². The molecule has 0 bridgehead atoms. The van der Waals surface area contributed by atoms with Crippen molar-refractivity contribution < 1.29 is 22.7 Å². The Balaban J connectivity index is 3.12. The summed E-state index contributed by atoms with van der Waals surface area (Å²) in [7, 11) is 0. The molecule has 0 saturated heterocycles. The number of benzene rings is 1. The highest BCUT2D eigenvalue weighted by Gasteiger charge is 2.47. The van der Waals surface area contributed by atoms with Crippen molar-refractivity contribution in [3.63, 3.8) is 0 Å². The predicted molar refractivity (Wildman–Crippen MR) is 69.1 cm³/mol. The maximum Gasteiger partial charge on any atom is 0.404 e. The SMILES string of the molecule is CC(C)(C)OC(=O)[C@@H](c1ccccc1)[C@H](N)C(F)(F)F. The fourth-order valence-corrected chi connectivity index (χ4v) is 1.70. The van der Waals surface area contributed by atoms with Crippen molar-refractivity contribution in [1.82, 2.24) is 0 Å².